The number of ketones is 1. The summed E-state index contributed by atoms with van der Waals surface area (Å²) in [5, 5.41) is 4.01. The van der Waals surface area contributed by atoms with Crippen molar-refractivity contribution >= 4 is 17.4 Å². The number of hydrogen-bond acceptors (Lipinski definition) is 6. The summed E-state index contributed by atoms with van der Waals surface area (Å²) in [6.07, 6.45) is 7.96. The highest BCUT2D eigenvalue weighted by Crippen LogP contribution is 2.14. The normalized spacial score (nSPS) is 21.6. The van der Waals surface area contributed by atoms with Crippen LogP contribution in [-0.2, 0) is 4.79 Å². The molecule has 7 heteroatoms. The number of Topliss-reactive ketones (excluding diaryl/α,β-unsaturated/α-hetero) is 1. The Kier molecular flexibility index (Phi) is 3.89. The van der Waals surface area contributed by atoms with E-state index in [0.29, 0.717) is 12.1 Å². The molecule has 0 spiro atoms. The van der Waals surface area contributed by atoms with E-state index in [4.69, 9.17) is 0 Å². The van der Waals surface area contributed by atoms with E-state index >= 15 is 0 Å². The van der Waals surface area contributed by atoms with Crippen molar-refractivity contribution in [2.45, 2.75) is 31.7 Å². The Labute approximate surface area is 122 Å². The number of carbonyl (C=O) groups excluding carboxylic acids is 2. The fourth-order valence-electron chi connectivity index (χ4n) is 2.63. The molecule has 1 saturated heterocycles. The molecular weight excluding hydrogens is 270 g/mol. The van der Waals surface area contributed by atoms with Gasteiger partial charge in [0, 0.05) is 31.9 Å². The van der Waals surface area contributed by atoms with Crippen molar-refractivity contribution in [3.63, 3.8) is 0 Å². The van der Waals surface area contributed by atoms with Gasteiger partial charge in [-0.2, -0.15) is 5.10 Å². The number of piperidine rings is 1. The number of hydrogen-bond donors (Lipinski definition) is 1. The number of amides is 1. The fourth-order valence-corrected chi connectivity index (χ4v) is 2.63. The Morgan fingerprint density at radius 2 is 2.00 bits per heavy atom. The van der Waals surface area contributed by atoms with Crippen molar-refractivity contribution in [2.24, 2.45) is 5.10 Å². The minimum absolute atomic E-state index is 0.0281. The Hall–Kier alpha value is -2.31. The largest absolute Gasteiger partial charge is 0.341 e. The Balaban J connectivity index is 1.62. The zero-order valence-corrected chi connectivity index (χ0v) is 11.7. The predicted molar refractivity (Wildman–Crippen MR) is 75.8 cm³/mol. The number of aromatic nitrogens is 2. The first kappa shape index (κ1) is 13.7. The molecule has 2 aliphatic heterocycles. The van der Waals surface area contributed by atoms with Crippen molar-refractivity contribution in [3.05, 3.63) is 24.3 Å². The third-order valence-electron chi connectivity index (χ3n) is 3.78. The fraction of sp³-hybridized carbons (Fsp3) is 0.500. The summed E-state index contributed by atoms with van der Waals surface area (Å²) in [5.74, 6) is -0.245. The standard InChI is InChI=1S/C14H17N5O2/c20-13(12-9-15-4-5-16-12)10-8-11(18-17-10)14(21)19-6-2-1-3-7-19/h4-5,9,11,18H,1-3,6-8H2. The quantitative estimate of drug-likeness (QED) is 0.813. The Bertz CT molecular complexity index is 566. The number of rotatable bonds is 3. The lowest BCUT2D eigenvalue weighted by Gasteiger charge is -2.28. The number of hydrazone groups is 1. The van der Waals surface area contributed by atoms with Gasteiger partial charge in [0.05, 0.1) is 6.20 Å². The van der Waals surface area contributed by atoms with E-state index in [-0.39, 0.29) is 17.4 Å². The summed E-state index contributed by atoms with van der Waals surface area (Å²) in [6, 6.07) is -0.432. The highest BCUT2D eigenvalue weighted by Gasteiger charge is 2.33. The first-order valence-electron chi connectivity index (χ1n) is 7.17. The molecule has 0 bridgehead atoms. The third kappa shape index (κ3) is 2.91. The summed E-state index contributed by atoms with van der Waals surface area (Å²) in [7, 11) is 0. The lowest BCUT2D eigenvalue weighted by Crippen LogP contribution is -2.45. The van der Waals surface area contributed by atoms with E-state index in [0.717, 1.165) is 25.9 Å². The maximum atomic E-state index is 12.4. The van der Waals surface area contributed by atoms with Gasteiger partial charge in [0.25, 0.3) is 0 Å². The van der Waals surface area contributed by atoms with Crippen molar-refractivity contribution in [1.82, 2.24) is 20.3 Å². The lowest BCUT2D eigenvalue weighted by atomic mass is 10.0. The van der Waals surface area contributed by atoms with Gasteiger partial charge >= 0.3 is 0 Å². The van der Waals surface area contributed by atoms with Crippen LogP contribution >= 0.6 is 0 Å². The Morgan fingerprint density at radius 1 is 1.19 bits per heavy atom. The summed E-state index contributed by atoms with van der Waals surface area (Å²) in [5.41, 5.74) is 3.37. The van der Waals surface area contributed by atoms with Crippen LogP contribution in [0.4, 0.5) is 0 Å². The molecule has 1 N–H and O–H groups in total. The molecule has 0 radical (unpaired) electrons. The van der Waals surface area contributed by atoms with Crippen LogP contribution in [0, 0.1) is 0 Å². The van der Waals surface area contributed by atoms with Gasteiger partial charge in [-0.05, 0) is 19.3 Å². The highest BCUT2D eigenvalue weighted by atomic mass is 16.2. The summed E-state index contributed by atoms with van der Waals surface area (Å²) >= 11 is 0. The van der Waals surface area contributed by atoms with Gasteiger partial charge in [0.2, 0.25) is 11.7 Å². The number of likely N-dealkylation sites (tertiary alicyclic amines) is 1. The molecule has 1 amide bonds. The molecule has 0 aromatic carbocycles. The molecule has 1 aromatic rings. The monoisotopic (exact) mass is 287 g/mol. The third-order valence-corrected chi connectivity index (χ3v) is 3.78. The molecule has 2 aliphatic rings. The second-order valence-corrected chi connectivity index (χ2v) is 5.25. The van der Waals surface area contributed by atoms with Crippen molar-refractivity contribution < 1.29 is 9.59 Å². The van der Waals surface area contributed by atoms with Crippen LogP contribution in [0.25, 0.3) is 0 Å². The number of nitrogens with one attached hydrogen (secondary N) is 1. The predicted octanol–water partition coefficient (Wildman–Crippen LogP) is 0.390. The SMILES string of the molecule is O=C(C1=NNC(C(=O)N2CCCCC2)C1)c1cnccn1. The molecule has 110 valence electrons. The van der Waals surface area contributed by atoms with Crippen LogP contribution in [0.15, 0.2) is 23.7 Å². The van der Waals surface area contributed by atoms with E-state index in [9.17, 15) is 9.59 Å². The average Bonchev–Trinajstić information content (AvgIpc) is 3.05. The first-order valence-corrected chi connectivity index (χ1v) is 7.17. The lowest BCUT2D eigenvalue weighted by molar-refractivity contribution is -0.133. The van der Waals surface area contributed by atoms with Gasteiger partial charge in [-0.25, -0.2) is 4.98 Å². The molecule has 3 rings (SSSR count). The van der Waals surface area contributed by atoms with Crippen molar-refractivity contribution in [1.29, 1.82) is 0 Å². The maximum Gasteiger partial charge on any atom is 0.247 e. The Morgan fingerprint density at radius 3 is 2.71 bits per heavy atom. The van der Waals surface area contributed by atoms with E-state index in [1.165, 1.54) is 25.0 Å². The topological polar surface area (TPSA) is 87.5 Å². The van der Waals surface area contributed by atoms with Gasteiger partial charge in [-0.1, -0.05) is 0 Å². The molecule has 0 saturated carbocycles. The van der Waals surface area contributed by atoms with E-state index in [2.05, 4.69) is 20.5 Å². The summed E-state index contributed by atoms with van der Waals surface area (Å²) in [4.78, 5) is 34.2. The number of carbonyl (C=O) groups is 2. The molecule has 1 aromatic heterocycles. The highest BCUT2D eigenvalue weighted by molar-refractivity contribution is 6.46. The molecule has 1 unspecified atom stereocenters. The van der Waals surface area contributed by atoms with Gasteiger partial charge in [0.1, 0.15) is 17.4 Å². The van der Waals surface area contributed by atoms with Gasteiger partial charge in [0.15, 0.2) is 0 Å². The first-order chi connectivity index (χ1) is 10.3. The number of nitrogens with zero attached hydrogens (tertiary/aromatic N) is 4. The minimum Gasteiger partial charge on any atom is -0.341 e. The van der Waals surface area contributed by atoms with Crippen molar-refractivity contribution in [2.75, 3.05) is 13.1 Å². The molecule has 1 fully saturated rings. The minimum atomic E-state index is -0.432. The average molecular weight is 287 g/mol. The molecule has 1 atom stereocenters. The van der Waals surface area contributed by atoms with Crippen molar-refractivity contribution in [3.8, 4) is 0 Å². The smallest absolute Gasteiger partial charge is 0.247 e. The van der Waals surface area contributed by atoms with E-state index in [1.54, 1.807) is 0 Å². The molecule has 7 nitrogen and oxygen atoms in total. The molecule has 0 aliphatic carbocycles. The van der Waals surface area contributed by atoms with Crippen LogP contribution in [-0.4, -0.2) is 51.4 Å². The van der Waals surface area contributed by atoms with Crippen LogP contribution in [0.2, 0.25) is 0 Å². The van der Waals surface area contributed by atoms with Gasteiger partial charge in [-0.3, -0.25) is 20.0 Å². The summed E-state index contributed by atoms with van der Waals surface area (Å²) < 4.78 is 0. The van der Waals surface area contributed by atoms with Crippen LogP contribution < -0.4 is 5.43 Å². The molecular formula is C14H17N5O2. The van der Waals surface area contributed by atoms with Crippen LogP contribution in [0.3, 0.4) is 0 Å². The zero-order chi connectivity index (χ0) is 14.7. The van der Waals surface area contributed by atoms with E-state index in [1.807, 2.05) is 4.90 Å². The van der Waals surface area contributed by atoms with Gasteiger partial charge < -0.3 is 4.90 Å². The van der Waals surface area contributed by atoms with Crippen LogP contribution in [0.5, 0.6) is 0 Å². The second-order valence-electron chi connectivity index (χ2n) is 5.25. The molecule has 3 heterocycles. The van der Waals surface area contributed by atoms with E-state index < -0.39 is 6.04 Å². The maximum absolute atomic E-state index is 12.4. The summed E-state index contributed by atoms with van der Waals surface area (Å²) in [6.45, 7) is 1.59. The second kappa shape index (κ2) is 5.99. The van der Waals surface area contributed by atoms with Gasteiger partial charge in [-0.15, -0.1) is 0 Å². The van der Waals surface area contributed by atoms with Crippen LogP contribution in [0.1, 0.15) is 36.2 Å². The zero-order valence-electron chi connectivity index (χ0n) is 11.7. The molecule has 21 heavy (non-hydrogen) atoms.